The van der Waals surface area contributed by atoms with Gasteiger partial charge in [0.25, 0.3) is 5.91 Å². The van der Waals surface area contributed by atoms with Gasteiger partial charge in [0.1, 0.15) is 5.54 Å². The van der Waals surface area contributed by atoms with Gasteiger partial charge in [0.15, 0.2) is 0 Å². The number of hydrogen-bond acceptors (Lipinski definition) is 2. The fraction of sp³-hybridized carbons (Fsp3) is 0.529. The van der Waals surface area contributed by atoms with E-state index in [0.717, 1.165) is 31.2 Å². The zero-order chi connectivity index (χ0) is 14.9. The van der Waals surface area contributed by atoms with Crippen molar-refractivity contribution >= 4 is 11.8 Å². The Bertz CT molecular complexity index is 537. The van der Waals surface area contributed by atoms with Crippen LogP contribution in [0.4, 0.5) is 0 Å². The molecule has 1 N–H and O–H groups in total. The van der Waals surface area contributed by atoms with Crippen LogP contribution in [0.25, 0.3) is 0 Å². The van der Waals surface area contributed by atoms with Crippen LogP contribution in [0.2, 0.25) is 0 Å². The second-order valence-corrected chi connectivity index (χ2v) is 6.18. The standard InChI is InChI=1S/C17H22N2O2/c1-17(13-8-4-2-5-9-13)16(21)18-12-15(20)19(17)14-10-6-3-7-11-14/h2,4-5,8-9,14H,3,6-7,10-12H2,1H3,(H,18,21). The SMILES string of the molecule is CC1(c2ccccc2)C(=O)NCC(=O)N1C1CCCCC1. The van der Waals surface area contributed by atoms with Gasteiger partial charge in [0.05, 0.1) is 6.54 Å². The molecular weight excluding hydrogens is 264 g/mol. The van der Waals surface area contributed by atoms with Crippen LogP contribution < -0.4 is 5.32 Å². The summed E-state index contributed by atoms with van der Waals surface area (Å²) in [4.78, 5) is 27.0. The quantitative estimate of drug-likeness (QED) is 0.906. The van der Waals surface area contributed by atoms with Crippen molar-refractivity contribution in [3.8, 4) is 0 Å². The molecule has 1 aliphatic carbocycles. The van der Waals surface area contributed by atoms with E-state index < -0.39 is 5.54 Å². The van der Waals surface area contributed by atoms with E-state index in [1.165, 1.54) is 6.42 Å². The minimum Gasteiger partial charge on any atom is -0.345 e. The summed E-state index contributed by atoms with van der Waals surface area (Å²) in [5, 5.41) is 2.76. The molecule has 0 spiro atoms. The lowest BCUT2D eigenvalue weighted by atomic mass is 9.82. The van der Waals surface area contributed by atoms with Crippen molar-refractivity contribution in [3.63, 3.8) is 0 Å². The smallest absolute Gasteiger partial charge is 0.250 e. The topological polar surface area (TPSA) is 49.4 Å². The zero-order valence-electron chi connectivity index (χ0n) is 12.5. The van der Waals surface area contributed by atoms with E-state index in [-0.39, 0.29) is 24.4 Å². The molecule has 0 bridgehead atoms. The number of amides is 2. The first kappa shape index (κ1) is 14.1. The molecule has 112 valence electrons. The van der Waals surface area contributed by atoms with Crippen LogP contribution in [-0.4, -0.2) is 29.3 Å². The normalized spacial score (nSPS) is 27.6. The number of carbonyl (C=O) groups is 2. The third-order valence-electron chi connectivity index (χ3n) is 4.87. The molecule has 1 aromatic carbocycles. The van der Waals surface area contributed by atoms with E-state index >= 15 is 0 Å². The summed E-state index contributed by atoms with van der Waals surface area (Å²) in [6.07, 6.45) is 5.51. The van der Waals surface area contributed by atoms with E-state index in [1.807, 2.05) is 42.2 Å². The van der Waals surface area contributed by atoms with Gasteiger partial charge in [-0.25, -0.2) is 0 Å². The second-order valence-electron chi connectivity index (χ2n) is 6.18. The minimum atomic E-state index is -0.890. The number of nitrogens with one attached hydrogen (secondary N) is 1. The first-order valence-corrected chi connectivity index (χ1v) is 7.80. The lowest BCUT2D eigenvalue weighted by Crippen LogP contribution is -2.66. The Labute approximate surface area is 125 Å². The van der Waals surface area contributed by atoms with Gasteiger partial charge < -0.3 is 10.2 Å². The fourth-order valence-corrected chi connectivity index (χ4v) is 3.71. The number of hydrogen-bond donors (Lipinski definition) is 1. The first-order valence-electron chi connectivity index (χ1n) is 7.80. The lowest BCUT2D eigenvalue weighted by Gasteiger charge is -2.48. The van der Waals surface area contributed by atoms with Gasteiger partial charge in [-0.1, -0.05) is 49.6 Å². The predicted octanol–water partition coefficient (Wildman–Crippen LogP) is 2.19. The first-order chi connectivity index (χ1) is 10.1. The molecule has 1 aromatic rings. The third kappa shape index (κ3) is 2.33. The summed E-state index contributed by atoms with van der Waals surface area (Å²) in [6, 6.07) is 9.84. The van der Waals surface area contributed by atoms with E-state index in [2.05, 4.69) is 5.32 Å². The van der Waals surface area contributed by atoms with Gasteiger partial charge in [-0.3, -0.25) is 9.59 Å². The van der Waals surface area contributed by atoms with E-state index in [1.54, 1.807) is 0 Å². The highest BCUT2D eigenvalue weighted by atomic mass is 16.2. The second kappa shape index (κ2) is 5.51. The van der Waals surface area contributed by atoms with Gasteiger partial charge in [-0.05, 0) is 25.3 Å². The number of nitrogens with zero attached hydrogens (tertiary/aromatic N) is 1. The van der Waals surface area contributed by atoms with E-state index in [0.29, 0.717) is 0 Å². The summed E-state index contributed by atoms with van der Waals surface area (Å²) < 4.78 is 0. The van der Waals surface area contributed by atoms with Crippen molar-refractivity contribution in [3.05, 3.63) is 35.9 Å². The van der Waals surface area contributed by atoms with Gasteiger partial charge in [-0.15, -0.1) is 0 Å². The van der Waals surface area contributed by atoms with Crippen molar-refractivity contribution in [1.29, 1.82) is 0 Å². The number of carbonyl (C=O) groups excluding carboxylic acids is 2. The maximum Gasteiger partial charge on any atom is 0.250 e. The molecule has 1 atom stereocenters. The van der Waals surface area contributed by atoms with Crippen LogP contribution in [0.5, 0.6) is 0 Å². The van der Waals surface area contributed by atoms with Crippen molar-refractivity contribution in [2.45, 2.75) is 50.6 Å². The van der Waals surface area contributed by atoms with Crippen molar-refractivity contribution in [2.24, 2.45) is 0 Å². The Morgan fingerprint density at radius 1 is 1.10 bits per heavy atom. The third-order valence-corrected chi connectivity index (χ3v) is 4.87. The summed E-state index contributed by atoms with van der Waals surface area (Å²) >= 11 is 0. The maximum atomic E-state index is 12.6. The zero-order valence-corrected chi connectivity index (χ0v) is 12.5. The number of benzene rings is 1. The van der Waals surface area contributed by atoms with Crippen LogP contribution >= 0.6 is 0 Å². The van der Waals surface area contributed by atoms with Crippen LogP contribution in [0.15, 0.2) is 30.3 Å². The molecule has 4 heteroatoms. The average Bonchev–Trinajstić information content (AvgIpc) is 2.53. The molecule has 2 fully saturated rings. The molecule has 2 aliphatic rings. The molecule has 0 aromatic heterocycles. The Kier molecular flexibility index (Phi) is 3.70. The molecule has 2 amide bonds. The molecule has 0 radical (unpaired) electrons. The molecule has 1 unspecified atom stereocenters. The maximum absolute atomic E-state index is 12.6. The van der Waals surface area contributed by atoms with Gasteiger partial charge >= 0.3 is 0 Å². The molecule has 4 nitrogen and oxygen atoms in total. The molecule has 1 saturated carbocycles. The van der Waals surface area contributed by atoms with Crippen molar-refractivity contribution < 1.29 is 9.59 Å². The fourth-order valence-electron chi connectivity index (χ4n) is 3.71. The predicted molar refractivity (Wildman–Crippen MR) is 80.5 cm³/mol. The van der Waals surface area contributed by atoms with Crippen molar-refractivity contribution in [2.75, 3.05) is 6.54 Å². The van der Waals surface area contributed by atoms with Gasteiger partial charge in [-0.2, -0.15) is 0 Å². The number of piperazine rings is 1. The molecule has 21 heavy (non-hydrogen) atoms. The minimum absolute atomic E-state index is 0.0350. The lowest BCUT2D eigenvalue weighted by molar-refractivity contribution is -0.158. The van der Waals surface area contributed by atoms with Gasteiger partial charge in [0.2, 0.25) is 5.91 Å². The van der Waals surface area contributed by atoms with Crippen LogP contribution in [0.1, 0.15) is 44.6 Å². The van der Waals surface area contributed by atoms with Crippen LogP contribution in [0, 0.1) is 0 Å². The summed E-state index contributed by atoms with van der Waals surface area (Å²) in [7, 11) is 0. The Morgan fingerprint density at radius 3 is 2.43 bits per heavy atom. The van der Waals surface area contributed by atoms with E-state index in [9.17, 15) is 9.59 Å². The van der Waals surface area contributed by atoms with Crippen LogP contribution in [0.3, 0.4) is 0 Å². The Morgan fingerprint density at radius 2 is 1.76 bits per heavy atom. The highest BCUT2D eigenvalue weighted by molar-refractivity contribution is 5.98. The largest absolute Gasteiger partial charge is 0.345 e. The monoisotopic (exact) mass is 286 g/mol. The Hall–Kier alpha value is -1.84. The average molecular weight is 286 g/mol. The van der Waals surface area contributed by atoms with Crippen molar-refractivity contribution in [1.82, 2.24) is 10.2 Å². The number of rotatable bonds is 2. The molecular formula is C17H22N2O2. The van der Waals surface area contributed by atoms with E-state index in [4.69, 9.17) is 0 Å². The summed E-state index contributed by atoms with van der Waals surface area (Å²) in [5.41, 5.74) is -0.000349. The highest BCUT2D eigenvalue weighted by Crippen LogP contribution is 2.36. The highest BCUT2D eigenvalue weighted by Gasteiger charge is 2.49. The summed E-state index contributed by atoms with van der Waals surface area (Å²) in [5.74, 6) is -0.0354. The molecule has 1 saturated heterocycles. The summed E-state index contributed by atoms with van der Waals surface area (Å²) in [6.45, 7) is 2.00. The van der Waals surface area contributed by atoms with Gasteiger partial charge in [0, 0.05) is 6.04 Å². The molecule has 1 aliphatic heterocycles. The Balaban J connectivity index is 2.03. The van der Waals surface area contributed by atoms with Crippen LogP contribution in [-0.2, 0) is 15.1 Å². The molecule has 3 rings (SSSR count). The molecule has 1 heterocycles.